The Morgan fingerprint density at radius 1 is 1.26 bits per heavy atom. The number of thiophene rings is 1. The molecule has 2 heterocycles. The van der Waals surface area contributed by atoms with E-state index in [9.17, 15) is 9.59 Å². The number of carbonyl (C=O) groups is 2. The van der Waals surface area contributed by atoms with E-state index in [0.717, 1.165) is 17.0 Å². The van der Waals surface area contributed by atoms with Crippen molar-refractivity contribution in [2.75, 3.05) is 18.1 Å². The number of para-hydroxylation sites is 1. The summed E-state index contributed by atoms with van der Waals surface area (Å²) in [6.45, 7) is 2.57. The van der Waals surface area contributed by atoms with E-state index in [-0.39, 0.29) is 12.5 Å². The van der Waals surface area contributed by atoms with Crippen molar-refractivity contribution in [3.05, 3.63) is 46.7 Å². The van der Waals surface area contributed by atoms with Crippen molar-refractivity contribution in [3.63, 3.8) is 0 Å². The first-order valence-corrected chi connectivity index (χ1v) is 9.18. The first-order valence-electron chi connectivity index (χ1n) is 7.42. The molecule has 1 aromatic heterocycles. The summed E-state index contributed by atoms with van der Waals surface area (Å²) in [6.07, 6.45) is 0.907. The Morgan fingerprint density at radius 2 is 2.09 bits per heavy atom. The van der Waals surface area contributed by atoms with Crippen LogP contribution in [-0.4, -0.2) is 30.3 Å². The summed E-state index contributed by atoms with van der Waals surface area (Å²) in [6, 6.07) is 11.3. The number of ether oxygens (including phenoxy) is 1. The second-order valence-electron chi connectivity index (χ2n) is 5.28. The lowest BCUT2D eigenvalue weighted by Crippen LogP contribution is -2.35. The molecule has 0 N–H and O–H groups in total. The number of fused-ring (bicyclic) bond motifs is 1. The second kappa shape index (κ2) is 7.19. The minimum atomic E-state index is -0.445. The number of rotatable bonds is 3. The molecule has 0 unspecified atom stereocenters. The van der Waals surface area contributed by atoms with Gasteiger partial charge in [-0.2, -0.15) is 0 Å². The molecule has 23 heavy (non-hydrogen) atoms. The Kier molecular flexibility index (Phi) is 5.03. The van der Waals surface area contributed by atoms with Gasteiger partial charge < -0.3 is 9.64 Å². The van der Waals surface area contributed by atoms with Gasteiger partial charge in [0.25, 0.3) is 5.91 Å². The van der Waals surface area contributed by atoms with Crippen molar-refractivity contribution in [1.82, 2.24) is 0 Å². The van der Waals surface area contributed by atoms with Gasteiger partial charge in [0.1, 0.15) is 4.88 Å². The Labute approximate surface area is 143 Å². The van der Waals surface area contributed by atoms with Crippen LogP contribution in [0.4, 0.5) is 5.69 Å². The lowest BCUT2D eigenvalue weighted by Gasteiger charge is -2.22. The van der Waals surface area contributed by atoms with Gasteiger partial charge in [-0.15, -0.1) is 23.1 Å². The number of thioether (sulfide) groups is 1. The van der Waals surface area contributed by atoms with E-state index in [0.29, 0.717) is 16.7 Å². The standard InChI is InChI=1S/C17H17NO3S2/c1-12-8-9-18(13-5-2-3-6-14(13)23-12)16(19)11-21-17(20)15-7-4-10-22-15/h2-7,10,12H,8-9,11H2,1H3/t12-/m1/s1. The van der Waals surface area contributed by atoms with Crippen molar-refractivity contribution < 1.29 is 14.3 Å². The summed E-state index contributed by atoms with van der Waals surface area (Å²) in [5, 5.41) is 2.25. The molecule has 1 aliphatic rings. The molecule has 1 amide bonds. The van der Waals surface area contributed by atoms with E-state index in [4.69, 9.17) is 4.74 Å². The molecular formula is C17H17NO3S2. The summed E-state index contributed by atoms with van der Waals surface area (Å²) in [4.78, 5) is 27.7. The summed E-state index contributed by atoms with van der Waals surface area (Å²) in [7, 11) is 0. The lowest BCUT2D eigenvalue weighted by molar-refractivity contribution is -0.121. The highest BCUT2D eigenvalue weighted by Gasteiger charge is 2.25. The maximum Gasteiger partial charge on any atom is 0.348 e. The Morgan fingerprint density at radius 3 is 2.87 bits per heavy atom. The van der Waals surface area contributed by atoms with Crippen LogP contribution in [-0.2, 0) is 9.53 Å². The fraction of sp³-hybridized carbons (Fsp3) is 0.294. The van der Waals surface area contributed by atoms with Gasteiger partial charge in [-0.25, -0.2) is 4.79 Å². The summed E-state index contributed by atoms with van der Waals surface area (Å²) >= 11 is 3.08. The molecule has 1 aliphatic heterocycles. The van der Waals surface area contributed by atoms with Crippen LogP contribution < -0.4 is 4.90 Å². The molecule has 2 aromatic rings. The molecule has 0 fully saturated rings. The molecule has 0 saturated heterocycles. The lowest BCUT2D eigenvalue weighted by atomic mass is 10.2. The molecule has 0 radical (unpaired) electrons. The van der Waals surface area contributed by atoms with Crippen LogP contribution in [0, 0.1) is 0 Å². The number of carbonyl (C=O) groups excluding carboxylic acids is 2. The summed E-state index contributed by atoms with van der Waals surface area (Å²) in [5.74, 6) is -0.628. The minimum Gasteiger partial charge on any atom is -0.451 e. The number of nitrogens with zero attached hydrogens (tertiary/aromatic N) is 1. The summed E-state index contributed by atoms with van der Waals surface area (Å²) in [5.41, 5.74) is 0.902. The number of esters is 1. The predicted molar refractivity (Wildman–Crippen MR) is 93.3 cm³/mol. The normalized spacial score (nSPS) is 17.3. The number of hydrogen-bond acceptors (Lipinski definition) is 5. The van der Waals surface area contributed by atoms with Gasteiger partial charge >= 0.3 is 5.97 Å². The topological polar surface area (TPSA) is 46.6 Å². The van der Waals surface area contributed by atoms with E-state index < -0.39 is 5.97 Å². The summed E-state index contributed by atoms with van der Waals surface area (Å²) < 4.78 is 5.16. The molecule has 0 bridgehead atoms. The monoisotopic (exact) mass is 347 g/mol. The van der Waals surface area contributed by atoms with Gasteiger partial charge in [-0.1, -0.05) is 25.1 Å². The molecule has 1 atom stereocenters. The van der Waals surface area contributed by atoms with E-state index in [1.165, 1.54) is 11.3 Å². The quantitative estimate of drug-likeness (QED) is 0.792. The van der Waals surface area contributed by atoms with Gasteiger partial charge in [0.05, 0.1) is 5.69 Å². The van der Waals surface area contributed by atoms with Crippen LogP contribution in [0.1, 0.15) is 23.0 Å². The van der Waals surface area contributed by atoms with Gasteiger partial charge in [0, 0.05) is 16.7 Å². The molecule has 6 heteroatoms. The SMILES string of the molecule is C[C@@H]1CCN(C(=O)COC(=O)c2cccs2)c2ccccc2S1. The van der Waals surface area contributed by atoms with Crippen molar-refractivity contribution in [2.24, 2.45) is 0 Å². The van der Waals surface area contributed by atoms with E-state index in [1.807, 2.05) is 29.6 Å². The fourth-order valence-electron chi connectivity index (χ4n) is 2.42. The maximum atomic E-state index is 12.5. The van der Waals surface area contributed by atoms with Crippen LogP contribution in [0.3, 0.4) is 0 Å². The highest BCUT2D eigenvalue weighted by Crippen LogP contribution is 2.37. The maximum absolute atomic E-state index is 12.5. The second-order valence-corrected chi connectivity index (χ2v) is 7.71. The van der Waals surface area contributed by atoms with Crippen molar-refractivity contribution in [3.8, 4) is 0 Å². The average molecular weight is 347 g/mol. The smallest absolute Gasteiger partial charge is 0.348 e. The van der Waals surface area contributed by atoms with Crippen molar-refractivity contribution in [1.29, 1.82) is 0 Å². The first-order chi connectivity index (χ1) is 11.1. The molecular weight excluding hydrogens is 330 g/mol. The van der Waals surface area contributed by atoms with Crippen LogP contribution in [0.25, 0.3) is 0 Å². The molecule has 0 saturated carbocycles. The highest BCUT2D eigenvalue weighted by atomic mass is 32.2. The largest absolute Gasteiger partial charge is 0.451 e. The minimum absolute atomic E-state index is 0.183. The van der Waals surface area contributed by atoms with Crippen LogP contribution in [0.5, 0.6) is 0 Å². The van der Waals surface area contributed by atoms with Crippen molar-refractivity contribution >= 4 is 40.7 Å². The number of hydrogen-bond donors (Lipinski definition) is 0. The fourth-order valence-corrected chi connectivity index (χ4v) is 4.15. The van der Waals surface area contributed by atoms with Gasteiger partial charge in [-0.05, 0) is 30.0 Å². The molecule has 120 valence electrons. The van der Waals surface area contributed by atoms with E-state index in [2.05, 4.69) is 6.92 Å². The zero-order chi connectivity index (χ0) is 16.2. The zero-order valence-electron chi connectivity index (χ0n) is 12.7. The number of anilines is 1. The van der Waals surface area contributed by atoms with Gasteiger partial charge in [-0.3, -0.25) is 4.79 Å². The van der Waals surface area contributed by atoms with Crippen LogP contribution >= 0.6 is 23.1 Å². The van der Waals surface area contributed by atoms with E-state index in [1.54, 1.807) is 28.8 Å². The Balaban J connectivity index is 1.70. The third-order valence-electron chi connectivity index (χ3n) is 3.59. The van der Waals surface area contributed by atoms with Crippen LogP contribution in [0.2, 0.25) is 0 Å². The first kappa shape index (κ1) is 16.1. The van der Waals surface area contributed by atoms with Crippen LogP contribution in [0.15, 0.2) is 46.7 Å². The molecule has 0 aliphatic carbocycles. The van der Waals surface area contributed by atoms with E-state index >= 15 is 0 Å². The Bertz CT molecular complexity index is 700. The zero-order valence-corrected chi connectivity index (χ0v) is 14.4. The molecule has 1 aromatic carbocycles. The van der Waals surface area contributed by atoms with Crippen molar-refractivity contribution in [2.45, 2.75) is 23.5 Å². The average Bonchev–Trinajstić information content (AvgIpc) is 3.03. The molecule has 0 spiro atoms. The number of benzene rings is 1. The molecule has 4 nitrogen and oxygen atoms in total. The molecule has 3 rings (SSSR count). The third-order valence-corrected chi connectivity index (χ3v) is 5.68. The third kappa shape index (κ3) is 3.76. The van der Waals surface area contributed by atoms with Gasteiger partial charge in [0.15, 0.2) is 6.61 Å². The van der Waals surface area contributed by atoms with Gasteiger partial charge in [0.2, 0.25) is 0 Å². The Hall–Kier alpha value is -1.79. The predicted octanol–water partition coefficient (Wildman–Crippen LogP) is 3.82. The highest BCUT2D eigenvalue weighted by molar-refractivity contribution is 8.00. The number of amides is 1.